The van der Waals surface area contributed by atoms with Crippen molar-refractivity contribution in [3.63, 3.8) is 0 Å². The van der Waals surface area contributed by atoms with E-state index in [4.69, 9.17) is 5.11 Å². The maximum absolute atomic E-state index is 11.5. The van der Waals surface area contributed by atoms with Crippen LogP contribution in [0.5, 0.6) is 5.75 Å². The summed E-state index contributed by atoms with van der Waals surface area (Å²) in [6.07, 6.45) is -0.347. The molecule has 17 heavy (non-hydrogen) atoms. The maximum atomic E-state index is 11.5. The molecule has 90 valence electrons. The Bertz CT molecular complexity index is 485. The second kappa shape index (κ2) is 4.06. The number of phenols is 1. The standard InChI is InChI=1S/C11H11NO5/c13-8-5-6(1-2-7(8)11(16)17)12-9(14)3-4-10(12)15/h1-2,5,9,13-14H,3-4H2,(H,16,17). The van der Waals surface area contributed by atoms with Crippen LogP contribution in [0.4, 0.5) is 5.69 Å². The largest absolute Gasteiger partial charge is 0.507 e. The number of aliphatic hydroxyl groups is 1. The van der Waals surface area contributed by atoms with Crippen LogP contribution in [0.15, 0.2) is 18.2 Å². The molecule has 0 bridgehead atoms. The quantitative estimate of drug-likeness (QED) is 0.697. The summed E-state index contributed by atoms with van der Waals surface area (Å²) >= 11 is 0. The Balaban J connectivity index is 2.38. The summed E-state index contributed by atoms with van der Waals surface area (Å²) < 4.78 is 0. The van der Waals surface area contributed by atoms with Crippen molar-refractivity contribution in [3.05, 3.63) is 23.8 Å². The van der Waals surface area contributed by atoms with Crippen molar-refractivity contribution in [2.75, 3.05) is 4.90 Å². The molecule has 0 aromatic heterocycles. The number of carbonyl (C=O) groups is 2. The predicted molar refractivity (Wildman–Crippen MR) is 57.8 cm³/mol. The van der Waals surface area contributed by atoms with Crippen LogP contribution in [0.3, 0.4) is 0 Å². The molecule has 2 rings (SSSR count). The van der Waals surface area contributed by atoms with E-state index in [0.29, 0.717) is 12.1 Å². The molecule has 0 spiro atoms. The number of carboxylic acid groups (broad SMARTS) is 1. The molecule has 1 heterocycles. The van der Waals surface area contributed by atoms with Gasteiger partial charge in [0.05, 0.1) is 0 Å². The fraction of sp³-hybridized carbons (Fsp3) is 0.273. The molecule has 6 heteroatoms. The van der Waals surface area contributed by atoms with Crippen molar-refractivity contribution in [2.24, 2.45) is 0 Å². The molecule has 3 N–H and O–H groups in total. The SMILES string of the molecule is O=C(O)c1ccc(N2C(=O)CCC2O)cc1O. The molecule has 0 aliphatic carbocycles. The smallest absolute Gasteiger partial charge is 0.339 e. The van der Waals surface area contributed by atoms with E-state index in [0.717, 1.165) is 11.0 Å². The summed E-state index contributed by atoms with van der Waals surface area (Å²) in [5, 5.41) is 27.8. The molecular formula is C11H11NO5. The van der Waals surface area contributed by atoms with Crippen LogP contribution in [0.2, 0.25) is 0 Å². The molecule has 1 aliphatic rings. The number of aromatic carboxylic acids is 1. The zero-order valence-electron chi connectivity index (χ0n) is 8.83. The van der Waals surface area contributed by atoms with Crippen molar-refractivity contribution >= 4 is 17.6 Å². The Kier molecular flexibility index (Phi) is 2.72. The molecule has 1 aromatic rings. The van der Waals surface area contributed by atoms with E-state index < -0.39 is 17.9 Å². The number of hydrogen-bond acceptors (Lipinski definition) is 4. The van der Waals surface area contributed by atoms with Gasteiger partial charge in [0, 0.05) is 24.6 Å². The number of nitrogens with zero attached hydrogens (tertiary/aromatic N) is 1. The minimum absolute atomic E-state index is 0.239. The second-order valence-corrected chi connectivity index (χ2v) is 3.79. The fourth-order valence-electron chi connectivity index (χ4n) is 1.84. The summed E-state index contributed by atoms with van der Waals surface area (Å²) in [4.78, 5) is 23.3. The lowest BCUT2D eigenvalue weighted by Crippen LogP contribution is -2.32. The summed E-state index contributed by atoms with van der Waals surface area (Å²) in [6.45, 7) is 0. The molecule has 1 fully saturated rings. The predicted octanol–water partition coefficient (Wildman–Crippen LogP) is 0.536. The van der Waals surface area contributed by atoms with Crippen molar-refractivity contribution in [3.8, 4) is 5.75 Å². The molecule has 0 saturated carbocycles. The zero-order chi connectivity index (χ0) is 12.6. The normalized spacial score (nSPS) is 19.7. The van der Waals surface area contributed by atoms with E-state index in [2.05, 4.69) is 0 Å². The summed E-state index contributed by atoms with van der Waals surface area (Å²) in [5.74, 6) is -1.93. The van der Waals surface area contributed by atoms with Gasteiger partial charge in [0.25, 0.3) is 0 Å². The third-order valence-electron chi connectivity index (χ3n) is 2.67. The summed E-state index contributed by atoms with van der Waals surface area (Å²) in [5.41, 5.74) is 0.0531. The number of aliphatic hydroxyl groups excluding tert-OH is 1. The first-order chi connectivity index (χ1) is 8.00. The molecular weight excluding hydrogens is 226 g/mol. The number of carboxylic acids is 1. The van der Waals surface area contributed by atoms with Gasteiger partial charge in [-0.3, -0.25) is 9.69 Å². The van der Waals surface area contributed by atoms with E-state index in [1.165, 1.54) is 12.1 Å². The molecule has 0 radical (unpaired) electrons. The molecule has 1 atom stereocenters. The first kappa shape index (κ1) is 11.4. The zero-order valence-corrected chi connectivity index (χ0v) is 8.83. The van der Waals surface area contributed by atoms with Crippen LogP contribution >= 0.6 is 0 Å². The minimum atomic E-state index is -1.25. The number of anilines is 1. The van der Waals surface area contributed by atoms with Crippen LogP contribution in [-0.4, -0.2) is 33.4 Å². The number of hydrogen-bond donors (Lipinski definition) is 3. The lowest BCUT2D eigenvalue weighted by molar-refractivity contribution is -0.117. The Morgan fingerprint density at radius 3 is 2.59 bits per heavy atom. The number of benzene rings is 1. The van der Waals surface area contributed by atoms with Gasteiger partial charge < -0.3 is 15.3 Å². The highest BCUT2D eigenvalue weighted by Crippen LogP contribution is 2.29. The average Bonchev–Trinajstić information content (AvgIpc) is 2.58. The fourth-order valence-corrected chi connectivity index (χ4v) is 1.84. The molecule has 1 saturated heterocycles. The summed E-state index contributed by atoms with van der Waals surface area (Å²) in [6, 6.07) is 3.75. The van der Waals surface area contributed by atoms with Crippen molar-refractivity contribution in [1.82, 2.24) is 0 Å². The number of amides is 1. The van der Waals surface area contributed by atoms with Crippen molar-refractivity contribution in [1.29, 1.82) is 0 Å². The van der Waals surface area contributed by atoms with Gasteiger partial charge in [0.2, 0.25) is 5.91 Å². The average molecular weight is 237 g/mol. The Morgan fingerprint density at radius 1 is 1.41 bits per heavy atom. The molecule has 1 aliphatic heterocycles. The number of aromatic hydroxyl groups is 1. The van der Waals surface area contributed by atoms with E-state index in [1.54, 1.807) is 0 Å². The molecule has 1 amide bonds. The van der Waals surface area contributed by atoms with E-state index in [1.807, 2.05) is 0 Å². The lowest BCUT2D eigenvalue weighted by Gasteiger charge is -2.20. The van der Waals surface area contributed by atoms with E-state index in [9.17, 15) is 19.8 Å². The van der Waals surface area contributed by atoms with Crippen LogP contribution in [0, 0.1) is 0 Å². The Hall–Kier alpha value is -2.08. The first-order valence-corrected chi connectivity index (χ1v) is 5.07. The van der Waals surface area contributed by atoms with E-state index >= 15 is 0 Å². The van der Waals surface area contributed by atoms with Gasteiger partial charge in [-0.25, -0.2) is 4.79 Å². The molecule has 1 unspecified atom stereocenters. The lowest BCUT2D eigenvalue weighted by atomic mass is 10.1. The molecule has 1 aromatic carbocycles. The van der Waals surface area contributed by atoms with Crippen LogP contribution in [0.1, 0.15) is 23.2 Å². The monoisotopic (exact) mass is 237 g/mol. The van der Waals surface area contributed by atoms with Gasteiger partial charge in [-0.2, -0.15) is 0 Å². The number of rotatable bonds is 2. The number of carbonyl (C=O) groups excluding carboxylic acids is 1. The van der Waals surface area contributed by atoms with Crippen molar-refractivity contribution < 1.29 is 24.9 Å². The summed E-state index contributed by atoms with van der Waals surface area (Å²) in [7, 11) is 0. The van der Waals surface area contributed by atoms with Gasteiger partial charge in [-0.15, -0.1) is 0 Å². The minimum Gasteiger partial charge on any atom is -0.507 e. The van der Waals surface area contributed by atoms with Gasteiger partial charge in [-0.1, -0.05) is 0 Å². The Labute approximate surface area is 96.7 Å². The van der Waals surface area contributed by atoms with Crippen LogP contribution in [-0.2, 0) is 4.79 Å². The maximum Gasteiger partial charge on any atom is 0.339 e. The second-order valence-electron chi connectivity index (χ2n) is 3.79. The third kappa shape index (κ3) is 1.94. The van der Waals surface area contributed by atoms with Gasteiger partial charge in [0.15, 0.2) is 0 Å². The first-order valence-electron chi connectivity index (χ1n) is 5.07. The van der Waals surface area contributed by atoms with E-state index in [-0.39, 0.29) is 17.9 Å². The third-order valence-corrected chi connectivity index (χ3v) is 2.67. The van der Waals surface area contributed by atoms with Crippen LogP contribution < -0.4 is 4.90 Å². The molecule has 6 nitrogen and oxygen atoms in total. The highest BCUT2D eigenvalue weighted by atomic mass is 16.4. The highest BCUT2D eigenvalue weighted by Gasteiger charge is 2.31. The highest BCUT2D eigenvalue weighted by molar-refractivity contribution is 5.97. The van der Waals surface area contributed by atoms with Gasteiger partial charge in [0.1, 0.15) is 17.5 Å². The topological polar surface area (TPSA) is 98.1 Å². The van der Waals surface area contributed by atoms with Crippen LogP contribution in [0.25, 0.3) is 0 Å². The van der Waals surface area contributed by atoms with Gasteiger partial charge >= 0.3 is 5.97 Å². The Morgan fingerprint density at radius 2 is 2.12 bits per heavy atom. The van der Waals surface area contributed by atoms with Crippen molar-refractivity contribution in [2.45, 2.75) is 19.1 Å². The van der Waals surface area contributed by atoms with Gasteiger partial charge in [-0.05, 0) is 12.1 Å².